The number of nitrogens with zero attached hydrogens (tertiary/aromatic N) is 2. The standard InChI is InChI=1S/C18H21N3O6/c1-2-26-15-14(23)12(10-22)27-17(15)21-9-8-13(20-18(21)25)19-16(24)11-6-4-3-5-7-11/h3-9,12,14-15,17,22-23H,2,10H2,1H3,(H,19,20,24,25)/t12-,14-,15-,17-/m1/s1. The van der Waals surface area contributed by atoms with Crippen LogP contribution >= 0.6 is 0 Å². The minimum Gasteiger partial charge on any atom is -0.394 e. The summed E-state index contributed by atoms with van der Waals surface area (Å²) in [6.07, 6.45) is -2.30. The second-order valence-corrected chi connectivity index (χ2v) is 5.98. The minimum absolute atomic E-state index is 0.0929. The molecule has 0 aliphatic carbocycles. The van der Waals surface area contributed by atoms with Gasteiger partial charge in [-0.15, -0.1) is 0 Å². The van der Waals surface area contributed by atoms with Crippen molar-refractivity contribution in [3.63, 3.8) is 0 Å². The third-order valence-corrected chi connectivity index (χ3v) is 4.23. The maximum Gasteiger partial charge on any atom is 0.351 e. The molecule has 0 radical (unpaired) electrons. The highest BCUT2D eigenvalue weighted by Gasteiger charge is 2.45. The van der Waals surface area contributed by atoms with Crippen LogP contribution in [0.5, 0.6) is 0 Å². The number of amides is 1. The van der Waals surface area contributed by atoms with E-state index in [1.165, 1.54) is 12.3 Å². The number of hydrogen-bond acceptors (Lipinski definition) is 7. The maximum atomic E-state index is 12.4. The summed E-state index contributed by atoms with van der Waals surface area (Å²) in [6.45, 7) is 1.64. The molecular formula is C18H21N3O6. The fourth-order valence-electron chi connectivity index (χ4n) is 2.92. The van der Waals surface area contributed by atoms with Crippen LogP contribution in [0.2, 0.25) is 0 Å². The molecule has 9 heteroatoms. The zero-order valence-electron chi connectivity index (χ0n) is 14.7. The average Bonchev–Trinajstić information content (AvgIpc) is 2.99. The molecule has 0 spiro atoms. The number of hydrogen-bond donors (Lipinski definition) is 3. The molecule has 1 fully saturated rings. The number of aliphatic hydroxyl groups excluding tert-OH is 2. The molecule has 2 aromatic rings. The molecule has 1 aliphatic heterocycles. The Morgan fingerprint density at radius 2 is 2.07 bits per heavy atom. The van der Waals surface area contributed by atoms with Gasteiger partial charge in [-0.25, -0.2) is 4.79 Å². The molecule has 2 heterocycles. The first-order chi connectivity index (χ1) is 13.0. The van der Waals surface area contributed by atoms with Gasteiger partial charge in [0.2, 0.25) is 0 Å². The number of carbonyl (C=O) groups excluding carboxylic acids is 1. The van der Waals surface area contributed by atoms with Crippen molar-refractivity contribution >= 4 is 11.7 Å². The van der Waals surface area contributed by atoms with E-state index in [1.54, 1.807) is 37.3 Å². The lowest BCUT2D eigenvalue weighted by Crippen LogP contribution is -2.38. The van der Waals surface area contributed by atoms with E-state index in [-0.39, 0.29) is 11.7 Å². The van der Waals surface area contributed by atoms with Crippen molar-refractivity contribution in [3.05, 3.63) is 58.6 Å². The van der Waals surface area contributed by atoms with Gasteiger partial charge in [-0.3, -0.25) is 9.36 Å². The first kappa shape index (κ1) is 19.2. The van der Waals surface area contributed by atoms with Crippen LogP contribution in [0.3, 0.4) is 0 Å². The van der Waals surface area contributed by atoms with Crippen molar-refractivity contribution in [1.82, 2.24) is 9.55 Å². The fourth-order valence-corrected chi connectivity index (χ4v) is 2.92. The average molecular weight is 375 g/mol. The van der Waals surface area contributed by atoms with Gasteiger partial charge in [0.05, 0.1) is 6.61 Å². The molecule has 3 rings (SSSR count). The van der Waals surface area contributed by atoms with Crippen LogP contribution in [0.4, 0.5) is 5.82 Å². The lowest BCUT2D eigenvalue weighted by Gasteiger charge is -2.21. The van der Waals surface area contributed by atoms with Gasteiger partial charge in [-0.2, -0.15) is 4.98 Å². The Morgan fingerprint density at radius 3 is 2.70 bits per heavy atom. The van der Waals surface area contributed by atoms with Gasteiger partial charge in [0.15, 0.2) is 6.23 Å². The lowest BCUT2D eigenvalue weighted by atomic mass is 10.1. The maximum absolute atomic E-state index is 12.4. The predicted octanol–water partition coefficient (Wildman–Crippen LogP) is 0.151. The second-order valence-electron chi connectivity index (χ2n) is 5.98. The number of aromatic nitrogens is 2. The van der Waals surface area contributed by atoms with Gasteiger partial charge in [-0.1, -0.05) is 18.2 Å². The smallest absolute Gasteiger partial charge is 0.351 e. The Kier molecular flexibility index (Phi) is 5.97. The molecule has 9 nitrogen and oxygen atoms in total. The molecule has 1 aliphatic rings. The van der Waals surface area contributed by atoms with E-state index in [0.717, 1.165) is 4.57 Å². The zero-order valence-corrected chi connectivity index (χ0v) is 14.7. The minimum atomic E-state index is -1.08. The molecule has 1 aromatic carbocycles. The highest BCUT2D eigenvalue weighted by atomic mass is 16.6. The van der Waals surface area contributed by atoms with Crippen molar-refractivity contribution < 1.29 is 24.5 Å². The normalized spacial score (nSPS) is 24.7. The summed E-state index contributed by atoms with van der Waals surface area (Å²) >= 11 is 0. The monoisotopic (exact) mass is 375 g/mol. The van der Waals surface area contributed by atoms with Crippen molar-refractivity contribution in [1.29, 1.82) is 0 Å². The number of anilines is 1. The molecule has 1 saturated heterocycles. The quantitative estimate of drug-likeness (QED) is 0.657. The van der Waals surface area contributed by atoms with Crippen molar-refractivity contribution in [2.75, 3.05) is 18.5 Å². The molecule has 4 atom stereocenters. The molecule has 1 aromatic heterocycles. The van der Waals surface area contributed by atoms with E-state index in [1.807, 2.05) is 0 Å². The molecule has 27 heavy (non-hydrogen) atoms. The molecular weight excluding hydrogens is 354 g/mol. The highest BCUT2D eigenvalue weighted by molar-refractivity contribution is 6.03. The first-order valence-electron chi connectivity index (χ1n) is 8.56. The van der Waals surface area contributed by atoms with Gasteiger partial charge >= 0.3 is 5.69 Å². The number of carbonyl (C=O) groups is 1. The van der Waals surface area contributed by atoms with Crippen LogP contribution in [-0.2, 0) is 9.47 Å². The van der Waals surface area contributed by atoms with Crippen LogP contribution in [0.25, 0.3) is 0 Å². The Balaban J connectivity index is 1.80. The first-order valence-corrected chi connectivity index (χ1v) is 8.56. The lowest BCUT2D eigenvalue weighted by molar-refractivity contribution is -0.0716. The van der Waals surface area contributed by atoms with E-state index in [9.17, 15) is 19.8 Å². The van der Waals surface area contributed by atoms with E-state index >= 15 is 0 Å². The van der Waals surface area contributed by atoms with E-state index in [0.29, 0.717) is 12.2 Å². The van der Waals surface area contributed by atoms with Gasteiger partial charge in [0.1, 0.15) is 24.1 Å². The summed E-state index contributed by atoms with van der Waals surface area (Å²) in [5.41, 5.74) is -0.241. The van der Waals surface area contributed by atoms with Crippen LogP contribution in [0.1, 0.15) is 23.5 Å². The topological polar surface area (TPSA) is 123 Å². The number of ether oxygens (including phenoxy) is 2. The fraction of sp³-hybridized carbons (Fsp3) is 0.389. The number of nitrogens with one attached hydrogen (secondary N) is 1. The van der Waals surface area contributed by atoms with Crippen molar-refractivity contribution in [3.8, 4) is 0 Å². The Hall–Kier alpha value is -2.59. The third-order valence-electron chi connectivity index (χ3n) is 4.23. The van der Waals surface area contributed by atoms with E-state index in [4.69, 9.17) is 9.47 Å². The molecule has 144 valence electrons. The summed E-state index contributed by atoms with van der Waals surface area (Å²) in [5.74, 6) is -0.296. The largest absolute Gasteiger partial charge is 0.394 e. The van der Waals surface area contributed by atoms with Crippen molar-refractivity contribution in [2.24, 2.45) is 0 Å². The summed E-state index contributed by atoms with van der Waals surface area (Å²) in [5, 5.41) is 22.1. The Labute approximate surface area is 155 Å². The number of benzene rings is 1. The van der Waals surface area contributed by atoms with Gasteiger partial charge in [0, 0.05) is 18.4 Å². The second kappa shape index (κ2) is 8.40. The summed E-state index contributed by atoms with van der Waals surface area (Å²) < 4.78 is 12.2. The third kappa shape index (κ3) is 4.06. The molecule has 0 bridgehead atoms. The predicted molar refractivity (Wildman–Crippen MR) is 95.3 cm³/mol. The summed E-state index contributed by atoms with van der Waals surface area (Å²) in [4.78, 5) is 28.4. The van der Waals surface area contributed by atoms with Crippen LogP contribution in [-0.4, -0.2) is 57.2 Å². The molecule has 0 unspecified atom stereocenters. The highest BCUT2D eigenvalue weighted by Crippen LogP contribution is 2.30. The zero-order chi connectivity index (χ0) is 19.4. The van der Waals surface area contributed by atoms with Crippen LogP contribution < -0.4 is 11.0 Å². The molecule has 0 saturated carbocycles. The van der Waals surface area contributed by atoms with E-state index in [2.05, 4.69) is 10.3 Å². The summed E-state index contributed by atoms with van der Waals surface area (Å²) in [6, 6.07) is 10.00. The van der Waals surface area contributed by atoms with Crippen LogP contribution in [0, 0.1) is 0 Å². The Morgan fingerprint density at radius 1 is 1.33 bits per heavy atom. The van der Waals surface area contributed by atoms with Crippen molar-refractivity contribution in [2.45, 2.75) is 31.5 Å². The van der Waals surface area contributed by atoms with Gasteiger partial charge in [-0.05, 0) is 25.1 Å². The molecule has 1 amide bonds. The van der Waals surface area contributed by atoms with E-state index < -0.39 is 36.8 Å². The summed E-state index contributed by atoms with van der Waals surface area (Å²) in [7, 11) is 0. The Bertz CT molecular complexity index is 840. The van der Waals surface area contributed by atoms with Gasteiger partial charge < -0.3 is 25.0 Å². The SMILES string of the molecule is CCO[C@@H]1[C@H](O)[C@@H](CO)O[C@H]1n1ccc(NC(=O)c2ccccc2)nc1=O. The molecule has 3 N–H and O–H groups in total. The number of aliphatic hydroxyl groups is 2. The van der Waals surface area contributed by atoms with Gasteiger partial charge in [0.25, 0.3) is 5.91 Å². The van der Waals surface area contributed by atoms with Crippen LogP contribution in [0.15, 0.2) is 47.4 Å². The number of rotatable bonds is 6.